The molecule has 1 N–H and O–H groups in total. The Morgan fingerprint density at radius 3 is 2.17 bits per heavy atom. The minimum atomic E-state index is -0.674. The summed E-state index contributed by atoms with van der Waals surface area (Å²) in [7, 11) is 0. The molecule has 29 heavy (non-hydrogen) atoms. The van der Waals surface area contributed by atoms with E-state index < -0.39 is 18.5 Å². The van der Waals surface area contributed by atoms with Crippen LogP contribution in [0.25, 0.3) is 0 Å². The molecule has 0 aliphatic heterocycles. The highest BCUT2D eigenvalue weighted by atomic mass is 35.5. The largest absolute Gasteiger partial charge is 0.480 e. The van der Waals surface area contributed by atoms with Crippen LogP contribution in [0.2, 0.25) is 5.02 Å². The Kier molecular flexibility index (Phi) is 7.08. The van der Waals surface area contributed by atoms with Crippen molar-refractivity contribution in [3.05, 3.63) is 83.9 Å². The van der Waals surface area contributed by atoms with Crippen molar-refractivity contribution in [3.63, 3.8) is 0 Å². The van der Waals surface area contributed by atoms with Crippen LogP contribution in [0.5, 0.6) is 17.2 Å². The van der Waals surface area contributed by atoms with Crippen molar-refractivity contribution in [1.82, 2.24) is 0 Å². The summed E-state index contributed by atoms with van der Waals surface area (Å²) >= 11 is 5.93. The highest BCUT2D eigenvalue weighted by molar-refractivity contribution is 6.32. The van der Waals surface area contributed by atoms with Crippen molar-refractivity contribution in [2.45, 2.75) is 0 Å². The van der Waals surface area contributed by atoms with E-state index in [-0.39, 0.29) is 6.61 Å². The van der Waals surface area contributed by atoms with Crippen LogP contribution in [0.3, 0.4) is 0 Å². The first-order valence-electron chi connectivity index (χ1n) is 8.76. The van der Waals surface area contributed by atoms with Crippen LogP contribution in [-0.4, -0.2) is 25.1 Å². The predicted molar refractivity (Wildman–Crippen MR) is 109 cm³/mol. The average molecular weight is 412 g/mol. The van der Waals surface area contributed by atoms with Crippen molar-refractivity contribution in [1.29, 1.82) is 0 Å². The van der Waals surface area contributed by atoms with Gasteiger partial charge in [0, 0.05) is 5.69 Å². The SMILES string of the molecule is O=C(COC(=O)COc1ccccc1Cl)Nc1ccc(Oc2ccccc2)cc1. The molecule has 3 aromatic rings. The van der Waals surface area contributed by atoms with E-state index in [2.05, 4.69) is 5.32 Å². The Hall–Kier alpha value is -3.51. The number of carbonyl (C=O) groups is 2. The van der Waals surface area contributed by atoms with Crippen LogP contribution >= 0.6 is 11.6 Å². The zero-order chi connectivity index (χ0) is 20.5. The maximum atomic E-state index is 11.9. The van der Waals surface area contributed by atoms with Crippen molar-refractivity contribution >= 4 is 29.2 Å². The monoisotopic (exact) mass is 411 g/mol. The molecule has 7 heteroatoms. The molecule has 0 atom stereocenters. The van der Waals surface area contributed by atoms with E-state index in [1.165, 1.54) is 0 Å². The van der Waals surface area contributed by atoms with Gasteiger partial charge in [-0.05, 0) is 48.5 Å². The second-order valence-electron chi connectivity index (χ2n) is 5.87. The molecule has 0 aliphatic rings. The van der Waals surface area contributed by atoms with Crippen LogP contribution in [0.15, 0.2) is 78.9 Å². The van der Waals surface area contributed by atoms with Gasteiger partial charge in [-0.1, -0.05) is 41.9 Å². The smallest absolute Gasteiger partial charge is 0.344 e. The number of anilines is 1. The lowest BCUT2D eigenvalue weighted by Gasteiger charge is -2.09. The quantitative estimate of drug-likeness (QED) is 0.544. The van der Waals surface area contributed by atoms with E-state index in [4.69, 9.17) is 25.8 Å². The molecule has 0 aliphatic carbocycles. The van der Waals surface area contributed by atoms with Gasteiger partial charge >= 0.3 is 5.97 Å². The minimum Gasteiger partial charge on any atom is -0.480 e. The summed E-state index contributed by atoms with van der Waals surface area (Å²) < 4.78 is 15.8. The third kappa shape index (κ3) is 6.55. The van der Waals surface area contributed by atoms with E-state index in [1.54, 1.807) is 48.5 Å². The first-order chi connectivity index (χ1) is 14.1. The Labute approximate surface area is 173 Å². The Bertz CT molecular complexity index is 960. The Morgan fingerprint density at radius 2 is 1.45 bits per heavy atom. The van der Waals surface area contributed by atoms with Crippen LogP contribution in [0.4, 0.5) is 5.69 Å². The number of rotatable bonds is 8. The zero-order valence-electron chi connectivity index (χ0n) is 15.3. The number of halogens is 1. The topological polar surface area (TPSA) is 73.9 Å². The van der Waals surface area contributed by atoms with Crippen LogP contribution in [-0.2, 0) is 14.3 Å². The van der Waals surface area contributed by atoms with Gasteiger partial charge in [0.2, 0.25) is 0 Å². The summed E-state index contributed by atoms with van der Waals surface area (Å²) in [6.07, 6.45) is 0. The van der Waals surface area contributed by atoms with Gasteiger partial charge in [0.1, 0.15) is 17.2 Å². The van der Waals surface area contributed by atoms with E-state index in [9.17, 15) is 9.59 Å². The molecule has 0 saturated heterocycles. The molecule has 0 bridgehead atoms. The van der Waals surface area contributed by atoms with E-state index in [0.29, 0.717) is 22.2 Å². The fourth-order valence-electron chi connectivity index (χ4n) is 2.31. The zero-order valence-corrected chi connectivity index (χ0v) is 16.1. The van der Waals surface area contributed by atoms with Crippen LogP contribution < -0.4 is 14.8 Å². The fraction of sp³-hybridized carbons (Fsp3) is 0.0909. The predicted octanol–water partition coefficient (Wildman–Crippen LogP) is 4.69. The Morgan fingerprint density at radius 1 is 0.793 bits per heavy atom. The second kappa shape index (κ2) is 10.1. The number of hydrogen-bond donors (Lipinski definition) is 1. The number of para-hydroxylation sites is 2. The molecule has 0 saturated carbocycles. The van der Waals surface area contributed by atoms with Gasteiger partial charge in [0.15, 0.2) is 13.2 Å². The first kappa shape index (κ1) is 20.2. The minimum absolute atomic E-state index is 0.345. The first-order valence-corrected chi connectivity index (χ1v) is 9.14. The number of esters is 1. The highest BCUT2D eigenvalue weighted by Gasteiger charge is 2.10. The van der Waals surface area contributed by atoms with Gasteiger partial charge in [-0.25, -0.2) is 4.79 Å². The van der Waals surface area contributed by atoms with Gasteiger partial charge < -0.3 is 19.5 Å². The molecule has 0 unspecified atom stereocenters. The number of ether oxygens (including phenoxy) is 3. The maximum Gasteiger partial charge on any atom is 0.344 e. The number of benzene rings is 3. The molecule has 148 valence electrons. The summed E-state index contributed by atoms with van der Waals surface area (Å²) in [5.74, 6) is 0.584. The lowest BCUT2D eigenvalue weighted by Crippen LogP contribution is -2.23. The molecule has 3 aromatic carbocycles. The molecule has 3 rings (SSSR count). The van der Waals surface area contributed by atoms with Crippen molar-refractivity contribution in [2.75, 3.05) is 18.5 Å². The Balaban J connectivity index is 1.41. The van der Waals surface area contributed by atoms with Gasteiger partial charge in [0.25, 0.3) is 5.91 Å². The van der Waals surface area contributed by atoms with Crippen molar-refractivity contribution in [3.8, 4) is 17.2 Å². The average Bonchev–Trinajstić information content (AvgIpc) is 2.74. The van der Waals surface area contributed by atoms with Gasteiger partial charge in [-0.15, -0.1) is 0 Å². The van der Waals surface area contributed by atoms with Crippen molar-refractivity contribution in [2.24, 2.45) is 0 Å². The molecule has 1 amide bonds. The van der Waals surface area contributed by atoms with E-state index >= 15 is 0 Å². The van der Waals surface area contributed by atoms with E-state index in [0.717, 1.165) is 5.75 Å². The third-order valence-corrected chi connectivity index (χ3v) is 3.98. The maximum absolute atomic E-state index is 11.9. The summed E-state index contributed by atoms with van der Waals surface area (Å²) in [6, 6.07) is 23.0. The normalized spacial score (nSPS) is 10.1. The lowest BCUT2D eigenvalue weighted by molar-refractivity contribution is -0.149. The summed E-state index contributed by atoms with van der Waals surface area (Å²) in [5, 5.41) is 3.02. The third-order valence-electron chi connectivity index (χ3n) is 3.66. The van der Waals surface area contributed by atoms with Gasteiger partial charge in [-0.3, -0.25) is 4.79 Å². The number of hydrogen-bond acceptors (Lipinski definition) is 5. The van der Waals surface area contributed by atoms with Crippen LogP contribution in [0.1, 0.15) is 0 Å². The molecular formula is C22H18ClNO5. The molecule has 0 spiro atoms. The molecular weight excluding hydrogens is 394 g/mol. The van der Waals surface area contributed by atoms with Gasteiger partial charge in [-0.2, -0.15) is 0 Å². The van der Waals surface area contributed by atoms with Crippen molar-refractivity contribution < 1.29 is 23.8 Å². The summed E-state index contributed by atoms with van der Waals surface area (Å²) in [6.45, 7) is -0.768. The molecule has 0 fully saturated rings. The summed E-state index contributed by atoms with van der Waals surface area (Å²) in [4.78, 5) is 23.7. The standard InChI is InChI=1S/C22H18ClNO5/c23-19-8-4-5-9-20(19)27-15-22(26)28-14-21(25)24-16-10-12-18(13-11-16)29-17-6-2-1-3-7-17/h1-13H,14-15H2,(H,24,25). The number of amides is 1. The molecule has 0 aromatic heterocycles. The molecule has 0 radical (unpaired) electrons. The highest BCUT2D eigenvalue weighted by Crippen LogP contribution is 2.23. The molecule has 6 nitrogen and oxygen atoms in total. The lowest BCUT2D eigenvalue weighted by atomic mass is 10.3. The number of nitrogens with one attached hydrogen (secondary N) is 1. The van der Waals surface area contributed by atoms with Gasteiger partial charge in [0.05, 0.1) is 5.02 Å². The molecule has 0 heterocycles. The van der Waals surface area contributed by atoms with E-state index in [1.807, 2.05) is 30.3 Å². The summed E-state index contributed by atoms with van der Waals surface area (Å²) in [5.41, 5.74) is 0.554. The second-order valence-corrected chi connectivity index (χ2v) is 6.27. The fourth-order valence-corrected chi connectivity index (χ4v) is 2.50. The number of carbonyl (C=O) groups excluding carboxylic acids is 2. The van der Waals surface area contributed by atoms with Crippen LogP contribution in [0, 0.1) is 0 Å².